The van der Waals surface area contributed by atoms with E-state index in [0.717, 1.165) is 18.4 Å². The van der Waals surface area contributed by atoms with Crippen LogP contribution in [-0.2, 0) is 11.2 Å². The second-order valence-electron chi connectivity index (χ2n) is 3.84. The Balaban J connectivity index is 2.43. The molecule has 0 fully saturated rings. The number of fused-ring (bicyclic) bond motifs is 1. The Kier molecular flexibility index (Phi) is 4.00. The fourth-order valence-corrected chi connectivity index (χ4v) is 3.93. The van der Waals surface area contributed by atoms with E-state index < -0.39 is 0 Å². The first-order chi connectivity index (χ1) is 8.22. The molecule has 2 aromatic rings. The molecular formula is C13H15NO2Se. The van der Waals surface area contributed by atoms with Crippen molar-refractivity contribution < 1.29 is 9.53 Å². The first-order valence-corrected chi connectivity index (χ1v) is 7.39. The Labute approximate surface area is 107 Å². The quantitative estimate of drug-likeness (QED) is 0.529. The molecule has 0 atom stereocenters. The molecule has 1 N–H and O–H groups in total. The molecule has 1 aromatic heterocycles. The van der Waals surface area contributed by atoms with Crippen molar-refractivity contribution in [3.8, 4) is 5.75 Å². The summed E-state index contributed by atoms with van der Waals surface area (Å²) < 4.78 is 6.58. The number of carbonyl (C=O) groups excluding carboxylic acids is 1. The van der Waals surface area contributed by atoms with Gasteiger partial charge in [-0.05, 0) is 0 Å². The summed E-state index contributed by atoms with van der Waals surface area (Å²) in [4.78, 5) is 13.4. The number of hydrogen-bond donors (Lipinski definition) is 1. The fourth-order valence-electron chi connectivity index (χ4n) is 1.80. The number of carbonyl (C=O) groups is 1. The van der Waals surface area contributed by atoms with Gasteiger partial charge in [-0.3, -0.25) is 0 Å². The van der Waals surface area contributed by atoms with Gasteiger partial charge < -0.3 is 0 Å². The summed E-state index contributed by atoms with van der Waals surface area (Å²) in [5.41, 5.74) is 1.30. The van der Waals surface area contributed by atoms with Gasteiger partial charge in [-0.2, -0.15) is 0 Å². The molecule has 90 valence electrons. The van der Waals surface area contributed by atoms with Crippen LogP contribution in [0.5, 0.6) is 5.75 Å². The van der Waals surface area contributed by atoms with E-state index >= 15 is 0 Å². The molecule has 0 aliphatic rings. The molecular weight excluding hydrogens is 281 g/mol. The van der Waals surface area contributed by atoms with Crippen molar-refractivity contribution in [2.24, 2.45) is 0 Å². The predicted octanol–water partition coefficient (Wildman–Crippen LogP) is 1.58. The molecule has 0 radical (unpaired) electrons. The van der Waals surface area contributed by atoms with Crippen LogP contribution in [0.15, 0.2) is 23.1 Å². The maximum atomic E-state index is 11.1. The van der Waals surface area contributed by atoms with E-state index in [-0.39, 0.29) is 5.97 Å². The molecule has 0 bridgehead atoms. The maximum absolute atomic E-state index is 11.1. The molecule has 0 aliphatic heterocycles. The fraction of sp³-hybridized carbons (Fsp3) is 0.308. The van der Waals surface area contributed by atoms with E-state index in [1.54, 1.807) is 0 Å². The molecule has 0 unspecified atom stereocenters. The van der Waals surface area contributed by atoms with Crippen molar-refractivity contribution in [1.29, 1.82) is 0 Å². The summed E-state index contributed by atoms with van der Waals surface area (Å²) in [6, 6.07) is 5.94. The molecule has 1 heterocycles. The van der Waals surface area contributed by atoms with Crippen LogP contribution in [0.2, 0.25) is 0 Å². The van der Waals surface area contributed by atoms with Gasteiger partial charge in [0.2, 0.25) is 0 Å². The zero-order valence-electron chi connectivity index (χ0n) is 9.95. The summed E-state index contributed by atoms with van der Waals surface area (Å²) >= 11 is 0.370. The zero-order chi connectivity index (χ0) is 12.3. The number of ether oxygens (including phenoxy) is 1. The molecule has 17 heavy (non-hydrogen) atoms. The number of benzene rings is 1. The minimum absolute atomic E-state index is 0.259. The molecule has 4 heteroatoms. The van der Waals surface area contributed by atoms with Crippen LogP contribution < -0.4 is 10.1 Å². The Morgan fingerprint density at radius 2 is 2.29 bits per heavy atom. The number of rotatable bonds is 4. The van der Waals surface area contributed by atoms with Gasteiger partial charge in [0, 0.05) is 0 Å². The van der Waals surface area contributed by atoms with E-state index in [2.05, 4.69) is 16.3 Å². The Bertz CT molecular complexity index is 533. The molecule has 0 spiro atoms. The van der Waals surface area contributed by atoms with E-state index in [1.165, 1.54) is 16.7 Å². The van der Waals surface area contributed by atoms with E-state index in [9.17, 15) is 4.79 Å². The van der Waals surface area contributed by atoms with Crippen molar-refractivity contribution in [1.82, 2.24) is 5.32 Å². The molecule has 0 amide bonds. The minimum atomic E-state index is -0.259. The second-order valence-corrected chi connectivity index (χ2v) is 5.75. The van der Waals surface area contributed by atoms with Crippen molar-refractivity contribution in [3.63, 3.8) is 0 Å². The molecule has 1 aromatic carbocycles. The number of hydrogen-bond acceptors (Lipinski definition) is 3. The van der Waals surface area contributed by atoms with Crippen molar-refractivity contribution >= 4 is 30.1 Å². The number of esters is 1. The third-order valence-corrected chi connectivity index (χ3v) is 4.63. The van der Waals surface area contributed by atoms with E-state index in [1.807, 2.05) is 19.2 Å². The van der Waals surface area contributed by atoms with Crippen LogP contribution in [0.25, 0.3) is 9.65 Å². The van der Waals surface area contributed by atoms with Gasteiger partial charge in [-0.1, -0.05) is 0 Å². The van der Waals surface area contributed by atoms with E-state index in [4.69, 9.17) is 4.74 Å². The van der Waals surface area contributed by atoms with Crippen LogP contribution in [0, 0.1) is 0 Å². The molecule has 3 nitrogen and oxygen atoms in total. The normalized spacial score (nSPS) is 10.7. The predicted molar refractivity (Wildman–Crippen MR) is 69.8 cm³/mol. The van der Waals surface area contributed by atoms with Crippen LogP contribution in [0.3, 0.4) is 0 Å². The average Bonchev–Trinajstić information content (AvgIpc) is 2.70. The Hall–Kier alpha value is -1.09. The number of likely N-dealkylation sites (N-methyl/N-ethyl adjacent to an activating group) is 1. The summed E-state index contributed by atoms with van der Waals surface area (Å²) in [6.45, 7) is 2.38. The van der Waals surface area contributed by atoms with Crippen molar-refractivity contribution in [3.05, 3.63) is 28.7 Å². The van der Waals surface area contributed by atoms with Gasteiger partial charge in [-0.25, -0.2) is 0 Å². The summed E-state index contributed by atoms with van der Waals surface area (Å²) in [5.74, 6) is 0.447. The third-order valence-electron chi connectivity index (χ3n) is 2.54. The van der Waals surface area contributed by atoms with E-state index in [0.29, 0.717) is 20.3 Å². The Morgan fingerprint density at radius 3 is 3.00 bits per heavy atom. The summed E-state index contributed by atoms with van der Waals surface area (Å²) in [6.07, 6.45) is 0.976. The Morgan fingerprint density at radius 1 is 1.47 bits per heavy atom. The zero-order valence-corrected chi connectivity index (χ0v) is 11.7. The molecule has 0 saturated carbocycles. The van der Waals surface area contributed by atoms with Gasteiger partial charge in [0.05, 0.1) is 0 Å². The first-order valence-electron chi connectivity index (χ1n) is 5.54. The summed E-state index contributed by atoms with van der Waals surface area (Å²) in [5, 5.41) is 4.28. The topological polar surface area (TPSA) is 38.3 Å². The van der Waals surface area contributed by atoms with Crippen LogP contribution >= 0.6 is 0 Å². The van der Waals surface area contributed by atoms with Crippen LogP contribution in [-0.4, -0.2) is 34.1 Å². The van der Waals surface area contributed by atoms with Crippen molar-refractivity contribution in [2.45, 2.75) is 13.3 Å². The molecule has 0 saturated heterocycles. The van der Waals surface area contributed by atoms with Gasteiger partial charge in [0.25, 0.3) is 0 Å². The summed E-state index contributed by atoms with van der Waals surface area (Å²) in [7, 11) is 1.94. The monoisotopic (exact) mass is 297 g/mol. The third kappa shape index (κ3) is 2.78. The SMILES string of the molecule is CNCCc1c[se]c2cccc(OC(C)=O)c12. The van der Waals surface area contributed by atoms with Crippen molar-refractivity contribution in [2.75, 3.05) is 13.6 Å². The van der Waals surface area contributed by atoms with Crippen LogP contribution in [0.4, 0.5) is 0 Å². The van der Waals surface area contributed by atoms with Gasteiger partial charge in [-0.15, -0.1) is 0 Å². The van der Waals surface area contributed by atoms with Gasteiger partial charge in [0.15, 0.2) is 0 Å². The van der Waals surface area contributed by atoms with Gasteiger partial charge >= 0.3 is 106 Å². The van der Waals surface area contributed by atoms with Gasteiger partial charge in [0.1, 0.15) is 0 Å². The number of nitrogens with one attached hydrogen (secondary N) is 1. The molecule has 0 aliphatic carbocycles. The second kappa shape index (κ2) is 5.50. The molecule has 2 rings (SSSR count). The van der Waals surface area contributed by atoms with Crippen LogP contribution in [0.1, 0.15) is 12.5 Å². The first kappa shape index (κ1) is 12.4. The average molecular weight is 296 g/mol. The standard InChI is InChI=1S/C13H15NO2Se/c1-9(15)16-11-4-3-5-12-13(11)10(8-17-12)6-7-14-2/h3-5,8,14H,6-7H2,1-2H3.